The lowest BCUT2D eigenvalue weighted by atomic mass is 10.0. The number of hydrogen-bond donors (Lipinski definition) is 2. The first kappa shape index (κ1) is 16.6. The molecule has 0 spiro atoms. The Morgan fingerprint density at radius 1 is 1.30 bits per heavy atom. The number of fused-ring (bicyclic) bond motifs is 1. The number of carbonyl (C=O) groups excluding carboxylic acids is 2. The molecule has 2 rings (SSSR count). The maximum absolute atomic E-state index is 12.4. The van der Waals surface area contributed by atoms with Gasteiger partial charge in [0.05, 0.1) is 6.07 Å². The third-order valence-corrected chi connectivity index (χ3v) is 3.31. The van der Waals surface area contributed by atoms with Crippen LogP contribution in [0, 0.1) is 17.2 Å². The van der Waals surface area contributed by atoms with Gasteiger partial charge in [-0.2, -0.15) is 5.26 Å². The van der Waals surface area contributed by atoms with E-state index in [1.54, 1.807) is 18.2 Å². The molecule has 0 aliphatic carbocycles. The zero-order valence-corrected chi connectivity index (χ0v) is 13.1. The summed E-state index contributed by atoms with van der Waals surface area (Å²) in [5.41, 5.74) is 0.385. The molecule has 0 aromatic heterocycles. The van der Waals surface area contributed by atoms with Crippen LogP contribution in [0.25, 0.3) is 0 Å². The van der Waals surface area contributed by atoms with Gasteiger partial charge in [-0.1, -0.05) is 13.8 Å². The fourth-order valence-electron chi connectivity index (χ4n) is 2.23. The van der Waals surface area contributed by atoms with Crippen LogP contribution in [-0.4, -0.2) is 31.2 Å². The molecule has 1 unspecified atom stereocenters. The molecule has 23 heavy (non-hydrogen) atoms. The molecule has 0 radical (unpaired) electrons. The summed E-state index contributed by atoms with van der Waals surface area (Å²) >= 11 is 0. The molecular formula is C16H19N3O4. The molecule has 7 nitrogen and oxygen atoms in total. The predicted molar refractivity (Wildman–Crippen MR) is 81.9 cm³/mol. The number of nitrogens with zero attached hydrogens (tertiary/aromatic N) is 1. The molecule has 2 amide bonds. The zero-order valence-electron chi connectivity index (χ0n) is 13.1. The highest BCUT2D eigenvalue weighted by Crippen LogP contribution is 2.32. The number of carbonyl (C=O) groups is 2. The van der Waals surface area contributed by atoms with E-state index in [9.17, 15) is 9.59 Å². The minimum atomic E-state index is -0.693. The van der Waals surface area contributed by atoms with Crippen molar-refractivity contribution in [2.45, 2.75) is 26.3 Å². The predicted octanol–water partition coefficient (Wildman–Crippen LogP) is 1.20. The summed E-state index contributed by atoms with van der Waals surface area (Å²) in [6.07, 6.45) is 0.480. The van der Waals surface area contributed by atoms with Crippen LogP contribution in [0.1, 0.15) is 30.6 Å². The Balaban J connectivity index is 2.07. The Morgan fingerprint density at radius 3 is 2.74 bits per heavy atom. The van der Waals surface area contributed by atoms with Crippen LogP contribution in [0.2, 0.25) is 0 Å². The number of nitrogens with one attached hydrogen (secondary N) is 2. The Bertz CT molecular complexity index is 637. The zero-order chi connectivity index (χ0) is 16.8. The topological polar surface area (TPSA) is 100 Å². The lowest BCUT2D eigenvalue weighted by molar-refractivity contribution is -0.123. The molecule has 0 saturated carbocycles. The summed E-state index contributed by atoms with van der Waals surface area (Å²) in [7, 11) is 0. The van der Waals surface area contributed by atoms with Gasteiger partial charge in [-0.3, -0.25) is 9.59 Å². The fourth-order valence-corrected chi connectivity index (χ4v) is 2.23. The van der Waals surface area contributed by atoms with Crippen molar-refractivity contribution in [2.24, 2.45) is 5.92 Å². The lowest BCUT2D eigenvalue weighted by Gasteiger charge is -2.19. The van der Waals surface area contributed by atoms with Gasteiger partial charge in [0.15, 0.2) is 11.5 Å². The van der Waals surface area contributed by atoms with Crippen molar-refractivity contribution in [3.63, 3.8) is 0 Å². The van der Waals surface area contributed by atoms with Crippen LogP contribution in [0.15, 0.2) is 18.2 Å². The summed E-state index contributed by atoms with van der Waals surface area (Å²) in [5.74, 6) is 0.569. The first-order chi connectivity index (χ1) is 11.0. The second kappa shape index (κ2) is 7.49. The van der Waals surface area contributed by atoms with Crippen LogP contribution >= 0.6 is 0 Å². The van der Waals surface area contributed by atoms with Crippen molar-refractivity contribution in [2.75, 3.05) is 13.3 Å². The molecule has 1 aromatic carbocycles. The Kier molecular flexibility index (Phi) is 5.41. The van der Waals surface area contributed by atoms with Gasteiger partial charge in [-0.05, 0) is 30.5 Å². The normalized spacial score (nSPS) is 13.3. The van der Waals surface area contributed by atoms with Gasteiger partial charge < -0.3 is 20.1 Å². The molecule has 1 aliphatic rings. The fraction of sp³-hybridized carbons (Fsp3) is 0.438. The molecule has 1 atom stereocenters. The quantitative estimate of drug-likeness (QED) is 0.768. The molecule has 0 fully saturated rings. The van der Waals surface area contributed by atoms with Gasteiger partial charge >= 0.3 is 0 Å². The van der Waals surface area contributed by atoms with E-state index in [2.05, 4.69) is 10.6 Å². The summed E-state index contributed by atoms with van der Waals surface area (Å²) in [4.78, 5) is 24.4. The second-order valence-corrected chi connectivity index (χ2v) is 5.60. The first-order valence-corrected chi connectivity index (χ1v) is 7.36. The average Bonchev–Trinajstić information content (AvgIpc) is 2.98. The van der Waals surface area contributed by atoms with Gasteiger partial charge in [0.1, 0.15) is 12.6 Å². The molecule has 7 heteroatoms. The monoisotopic (exact) mass is 317 g/mol. The summed E-state index contributed by atoms with van der Waals surface area (Å²) < 4.78 is 10.4. The highest BCUT2D eigenvalue weighted by molar-refractivity contribution is 5.98. The van der Waals surface area contributed by atoms with Crippen LogP contribution < -0.4 is 20.1 Å². The van der Waals surface area contributed by atoms with Crippen molar-refractivity contribution < 1.29 is 19.1 Å². The van der Waals surface area contributed by atoms with E-state index >= 15 is 0 Å². The van der Waals surface area contributed by atoms with Gasteiger partial charge in [0, 0.05) is 5.56 Å². The summed E-state index contributed by atoms with van der Waals surface area (Å²) in [5, 5.41) is 13.7. The Labute approximate surface area is 134 Å². The van der Waals surface area contributed by atoms with Crippen molar-refractivity contribution in [1.29, 1.82) is 5.26 Å². The van der Waals surface area contributed by atoms with Crippen molar-refractivity contribution in [1.82, 2.24) is 10.6 Å². The smallest absolute Gasteiger partial charge is 0.252 e. The molecule has 0 saturated heterocycles. The maximum Gasteiger partial charge on any atom is 0.252 e. The van der Waals surface area contributed by atoms with E-state index in [1.807, 2.05) is 19.9 Å². The first-order valence-electron chi connectivity index (χ1n) is 7.36. The minimum absolute atomic E-state index is 0.0900. The van der Waals surface area contributed by atoms with Crippen molar-refractivity contribution in [3.05, 3.63) is 23.8 Å². The van der Waals surface area contributed by atoms with Crippen molar-refractivity contribution >= 4 is 11.8 Å². The largest absolute Gasteiger partial charge is 0.454 e. The molecule has 1 aromatic rings. The van der Waals surface area contributed by atoms with E-state index < -0.39 is 6.04 Å². The van der Waals surface area contributed by atoms with Crippen LogP contribution in [0.4, 0.5) is 0 Å². The van der Waals surface area contributed by atoms with Crippen molar-refractivity contribution in [3.8, 4) is 17.6 Å². The van der Waals surface area contributed by atoms with Gasteiger partial charge in [-0.15, -0.1) is 0 Å². The number of amides is 2. The summed E-state index contributed by atoms with van der Waals surface area (Å²) in [6, 6.07) is 6.00. The molecule has 1 aliphatic heterocycles. The Morgan fingerprint density at radius 2 is 2.04 bits per heavy atom. The molecule has 1 heterocycles. The summed E-state index contributed by atoms with van der Waals surface area (Å²) in [6.45, 7) is 3.95. The third kappa shape index (κ3) is 4.36. The van der Waals surface area contributed by atoms with E-state index in [1.165, 1.54) is 0 Å². The number of hydrogen-bond acceptors (Lipinski definition) is 5. The highest BCUT2D eigenvalue weighted by Gasteiger charge is 2.23. The van der Waals surface area contributed by atoms with Crippen LogP contribution in [-0.2, 0) is 4.79 Å². The molecular weight excluding hydrogens is 298 g/mol. The minimum Gasteiger partial charge on any atom is -0.454 e. The molecule has 0 bridgehead atoms. The number of nitriles is 1. The molecule has 2 N–H and O–H groups in total. The lowest BCUT2D eigenvalue weighted by Crippen LogP contribution is -2.47. The molecule has 122 valence electrons. The SMILES string of the molecule is CC(C)CC(NC(=O)c1ccc2c(c1)OCO2)C(=O)NCC#N. The highest BCUT2D eigenvalue weighted by atomic mass is 16.7. The third-order valence-electron chi connectivity index (χ3n) is 3.31. The van der Waals surface area contributed by atoms with Gasteiger partial charge in [0.25, 0.3) is 5.91 Å². The standard InChI is InChI=1S/C16H19N3O4/c1-10(2)7-12(16(21)18-6-5-17)19-15(20)11-3-4-13-14(8-11)23-9-22-13/h3-4,8,10,12H,6-7,9H2,1-2H3,(H,18,21)(H,19,20). The van der Waals surface area contributed by atoms with Gasteiger partial charge in [0.2, 0.25) is 12.7 Å². The Hall–Kier alpha value is -2.75. The number of ether oxygens (including phenoxy) is 2. The van der Waals surface area contributed by atoms with E-state index in [-0.39, 0.29) is 31.1 Å². The van der Waals surface area contributed by atoms with Gasteiger partial charge in [-0.25, -0.2) is 0 Å². The van der Waals surface area contributed by atoms with E-state index in [0.717, 1.165) is 0 Å². The van der Waals surface area contributed by atoms with Crippen LogP contribution in [0.3, 0.4) is 0 Å². The number of rotatable bonds is 6. The number of benzene rings is 1. The van der Waals surface area contributed by atoms with E-state index in [0.29, 0.717) is 23.5 Å². The van der Waals surface area contributed by atoms with E-state index in [4.69, 9.17) is 14.7 Å². The van der Waals surface area contributed by atoms with Crippen LogP contribution in [0.5, 0.6) is 11.5 Å². The second-order valence-electron chi connectivity index (χ2n) is 5.60. The average molecular weight is 317 g/mol. The maximum atomic E-state index is 12.4.